The third kappa shape index (κ3) is 13.4. The third-order valence-corrected chi connectivity index (χ3v) is 9.60. The maximum Gasteiger partial charge on any atom is 0.208 e. The van der Waals surface area contributed by atoms with E-state index in [1.54, 1.807) is 6.21 Å². The van der Waals surface area contributed by atoms with Gasteiger partial charge in [-0.2, -0.15) is 4.57 Å². The van der Waals surface area contributed by atoms with Crippen molar-refractivity contribution in [2.75, 3.05) is 68.2 Å². The highest BCUT2D eigenvalue weighted by atomic mass is 33.1. The predicted molar refractivity (Wildman–Crippen MR) is 204 cm³/mol. The molecule has 0 fully saturated rings. The lowest BCUT2D eigenvalue weighted by Crippen LogP contribution is -2.38. The Balaban J connectivity index is 1.36. The maximum absolute atomic E-state index is 9.38. The van der Waals surface area contributed by atoms with E-state index in [2.05, 4.69) is 120 Å². The SMILES string of the molecule is CC(/C=C/C=C\C=NCCO)=C\c1ccc(N(C)CCSSCCN(C)c2ccc(/C=C(\C)c3cccc[n+]3CCO)cc2)cc1. The summed E-state index contributed by atoms with van der Waals surface area (Å²) in [6.45, 7) is 7.43. The minimum Gasteiger partial charge on any atom is -0.394 e. The first-order valence-corrected chi connectivity index (χ1v) is 18.2. The van der Waals surface area contributed by atoms with Crippen molar-refractivity contribution in [2.24, 2.45) is 4.99 Å². The zero-order valence-corrected chi connectivity index (χ0v) is 29.3. The van der Waals surface area contributed by atoms with Gasteiger partial charge in [0.1, 0.15) is 6.61 Å². The number of hydrogen-bond donors (Lipinski definition) is 2. The molecule has 0 aliphatic heterocycles. The number of aromatic nitrogens is 1. The van der Waals surface area contributed by atoms with Gasteiger partial charge in [-0.1, -0.05) is 75.7 Å². The summed E-state index contributed by atoms with van der Waals surface area (Å²) in [5.74, 6) is 2.13. The Bertz CT molecular complexity index is 1460. The first kappa shape index (κ1) is 36.9. The van der Waals surface area contributed by atoms with Crippen LogP contribution in [-0.2, 0) is 6.54 Å². The molecule has 3 rings (SSSR count). The van der Waals surface area contributed by atoms with Gasteiger partial charge < -0.3 is 20.0 Å². The van der Waals surface area contributed by atoms with Crippen molar-refractivity contribution in [1.29, 1.82) is 0 Å². The van der Waals surface area contributed by atoms with E-state index in [1.807, 2.05) is 58.1 Å². The summed E-state index contributed by atoms with van der Waals surface area (Å²) in [6.07, 6.45) is 15.9. The van der Waals surface area contributed by atoms with Gasteiger partial charge in [-0.15, -0.1) is 0 Å². The highest BCUT2D eigenvalue weighted by Crippen LogP contribution is 2.24. The molecule has 0 saturated carbocycles. The molecule has 8 heteroatoms. The van der Waals surface area contributed by atoms with Crippen LogP contribution in [0.5, 0.6) is 0 Å². The Labute approximate surface area is 284 Å². The number of nitrogens with zero attached hydrogens (tertiary/aromatic N) is 4. The highest BCUT2D eigenvalue weighted by molar-refractivity contribution is 8.76. The van der Waals surface area contributed by atoms with E-state index < -0.39 is 0 Å². The molecule has 0 aliphatic rings. The van der Waals surface area contributed by atoms with Crippen LogP contribution in [0.3, 0.4) is 0 Å². The van der Waals surface area contributed by atoms with Gasteiger partial charge in [0.05, 0.1) is 13.2 Å². The van der Waals surface area contributed by atoms with E-state index in [0.29, 0.717) is 13.1 Å². The van der Waals surface area contributed by atoms with Crippen LogP contribution in [0, 0.1) is 0 Å². The monoisotopic (exact) mass is 657 g/mol. The highest BCUT2D eigenvalue weighted by Gasteiger charge is 2.11. The fourth-order valence-corrected chi connectivity index (χ4v) is 6.75. The summed E-state index contributed by atoms with van der Waals surface area (Å²) in [4.78, 5) is 8.66. The van der Waals surface area contributed by atoms with Gasteiger partial charge in [-0.05, 0) is 67.5 Å². The molecule has 0 saturated heterocycles. The van der Waals surface area contributed by atoms with Crippen LogP contribution in [0.25, 0.3) is 17.7 Å². The van der Waals surface area contributed by atoms with Gasteiger partial charge in [0.15, 0.2) is 12.7 Å². The van der Waals surface area contributed by atoms with E-state index in [1.165, 1.54) is 33.6 Å². The number of aliphatic hydroxyl groups excluding tert-OH is 2. The Kier molecular flexibility index (Phi) is 17.1. The van der Waals surface area contributed by atoms with Gasteiger partial charge in [0, 0.05) is 74.0 Å². The van der Waals surface area contributed by atoms with Crippen LogP contribution in [0.15, 0.2) is 108 Å². The van der Waals surface area contributed by atoms with E-state index in [0.717, 1.165) is 30.3 Å². The largest absolute Gasteiger partial charge is 0.394 e. The van der Waals surface area contributed by atoms with Crippen LogP contribution in [-0.4, -0.2) is 74.9 Å². The van der Waals surface area contributed by atoms with Gasteiger partial charge in [0.25, 0.3) is 0 Å². The fourth-order valence-electron chi connectivity index (χ4n) is 4.66. The molecule has 0 radical (unpaired) electrons. The zero-order valence-electron chi connectivity index (χ0n) is 27.6. The molecule has 0 bridgehead atoms. The second kappa shape index (κ2) is 21.3. The average Bonchev–Trinajstić information content (AvgIpc) is 3.06. The zero-order chi connectivity index (χ0) is 33.0. The summed E-state index contributed by atoms with van der Waals surface area (Å²) in [6, 6.07) is 23.6. The topological polar surface area (TPSA) is 63.2 Å². The van der Waals surface area contributed by atoms with Gasteiger partial charge in [-0.3, -0.25) is 4.99 Å². The van der Waals surface area contributed by atoms with E-state index >= 15 is 0 Å². The summed E-state index contributed by atoms with van der Waals surface area (Å²) < 4.78 is 2.08. The average molecular weight is 658 g/mol. The fraction of sp³-hybridized carbons (Fsp3) is 0.316. The molecule has 3 aromatic rings. The van der Waals surface area contributed by atoms with Crippen molar-refractivity contribution < 1.29 is 14.8 Å². The molecule has 0 amide bonds. The molecule has 0 atom stereocenters. The Morgan fingerprint density at radius 1 is 0.761 bits per heavy atom. The van der Waals surface area contributed by atoms with Crippen LogP contribution in [0.4, 0.5) is 11.4 Å². The molecule has 0 unspecified atom stereocenters. The molecule has 1 aromatic heterocycles. The van der Waals surface area contributed by atoms with Crippen molar-refractivity contribution >= 4 is 56.9 Å². The first-order valence-electron chi connectivity index (χ1n) is 15.7. The minimum atomic E-state index is 0.0776. The number of pyridine rings is 1. The number of benzene rings is 2. The smallest absolute Gasteiger partial charge is 0.208 e. The van der Waals surface area contributed by atoms with Crippen LogP contribution in [0.1, 0.15) is 30.7 Å². The number of allylic oxidation sites excluding steroid dienone is 6. The number of aliphatic imine (C=N–C) groups is 1. The summed E-state index contributed by atoms with van der Waals surface area (Å²) >= 11 is 0. The summed E-state index contributed by atoms with van der Waals surface area (Å²) in [5, 5.41) is 18.1. The maximum atomic E-state index is 9.38. The van der Waals surface area contributed by atoms with E-state index in [4.69, 9.17) is 5.11 Å². The molecule has 2 aromatic carbocycles. The molecular weight excluding hydrogens is 609 g/mol. The molecular formula is C38H49N4O2S2+. The normalized spacial score (nSPS) is 12.6. The first-order chi connectivity index (χ1) is 22.4. The molecule has 1 heterocycles. The van der Waals surface area contributed by atoms with Crippen molar-refractivity contribution in [3.05, 3.63) is 120 Å². The lowest BCUT2D eigenvalue weighted by Gasteiger charge is -2.20. The Morgan fingerprint density at radius 3 is 1.96 bits per heavy atom. The van der Waals surface area contributed by atoms with Crippen molar-refractivity contribution in [1.82, 2.24) is 0 Å². The lowest BCUT2D eigenvalue weighted by atomic mass is 10.1. The molecule has 6 nitrogen and oxygen atoms in total. The minimum absolute atomic E-state index is 0.0776. The third-order valence-electron chi connectivity index (χ3n) is 7.24. The van der Waals surface area contributed by atoms with E-state index in [-0.39, 0.29) is 13.2 Å². The van der Waals surface area contributed by atoms with Crippen molar-refractivity contribution in [3.8, 4) is 0 Å². The van der Waals surface area contributed by atoms with Crippen molar-refractivity contribution in [2.45, 2.75) is 20.4 Å². The van der Waals surface area contributed by atoms with Gasteiger partial charge in [0.2, 0.25) is 5.69 Å². The van der Waals surface area contributed by atoms with Crippen LogP contribution < -0.4 is 14.4 Å². The second-order valence-electron chi connectivity index (χ2n) is 10.9. The van der Waals surface area contributed by atoms with Crippen LogP contribution in [0.2, 0.25) is 0 Å². The number of anilines is 2. The van der Waals surface area contributed by atoms with E-state index in [9.17, 15) is 5.11 Å². The molecule has 244 valence electrons. The number of aliphatic hydroxyl groups is 2. The lowest BCUT2D eigenvalue weighted by molar-refractivity contribution is -0.700. The second-order valence-corrected chi connectivity index (χ2v) is 13.6. The number of rotatable bonds is 19. The van der Waals surface area contributed by atoms with Gasteiger partial charge in [-0.25, -0.2) is 0 Å². The predicted octanol–water partition coefficient (Wildman–Crippen LogP) is 7.06. The Morgan fingerprint density at radius 2 is 1.37 bits per heavy atom. The summed E-state index contributed by atoms with van der Waals surface area (Å²) in [5.41, 5.74) is 8.26. The van der Waals surface area contributed by atoms with Crippen LogP contribution >= 0.6 is 21.6 Å². The molecule has 2 N–H and O–H groups in total. The molecule has 46 heavy (non-hydrogen) atoms. The number of hydrogen-bond acceptors (Lipinski definition) is 7. The molecule has 0 aliphatic carbocycles. The Hall–Kier alpha value is -3.56. The van der Waals surface area contributed by atoms with Gasteiger partial charge >= 0.3 is 0 Å². The van der Waals surface area contributed by atoms with Crippen molar-refractivity contribution in [3.63, 3.8) is 0 Å². The summed E-state index contributed by atoms with van der Waals surface area (Å²) in [7, 11) is 8.17. The molecule has 0 spiro atoms. The quantitative estimate of drug-likeness (QED) is 0.0474. The standard InChI is InChI=1S/C38H49N4O2S2/c1-32(10-6-5-8-20-39-21-26-43)30-34-12-16-36(17-13-34)40(3)24-28-45-46-29-25-41(4)37-18-14-35(15-19-37)31-33(2)38-11-7-9-22-42(38)23-27-44/h5-20,22,30-31,43-44H,21,23-29H2,1-4H3/q+1/b8-5-,10-6+,32-30+,39-20?.